The van der Waals surface area contributed by atoms with Crippen molar-refractivity contribution in [2.45, 2.75) is 25.6 Å². The van der Waals surface area contributed by atoms with E-state index in [1.807, 2.05) is 0 Å². The number of aliphatic hydroxyl groups is 3. The van der Waals surface area contributed by atoms with Crippen molar-refractivity contribution in [3.63, 3.8) is 0 Å². The predicted octanol–water partition coefficient (Wildman–Crippen LogP) is -1.78. The standard InChI is InChI=1S/C8H14O6/c1-5(10)3-14-7(12)8(13,4-9)6(2)11/h5,9-10,13H,3-4H2,1-2H3. The molecule has 0 aliphatic heterocycles. The molecule has 0 heterocycles. The van der Waals surface area contributed by atoms with Crippen molar-refractivity contribution < 1.29 is 29.6 Å². The molecule has 0 rings (SSSR count). The summed E-state index contributed by atoms with van der Waals surface area (Å²) in [6, 6.07) is 0. The van der Waals surface area contributed by atoms with Crippen LogP contribution in [0, 0.1) is 0 Å². The van der Waals surface area contributed by atoms with Crippen LogP contribution in [0.15, 0.2) is 0 Å². The van der Waals surface area contributed by atoms with Gasteiger partial charge in [0.2, 0.25) is 5.60 Å². The van der Waals surface area contributed by atoms with Crippen LogP contribution < -0.4 is 0 Å². The highest BCUT2D eigenvalue weighted by Gasteiger charge is 2.42. The average molecular weight is 206 g/mol. The van der Waals surface area contributed by atoms with Gasteiger partial charge in [0.1, 0.15) is 6.61 Å². The second-order valence-corrected chi connectivity index (χ2v) is 3.02. The number of ether oxygens (including phenoxy) is 1. The van der Waals surface area contributed by atoms with Gasteiger partial charge >= 0.3 is 5.97 Å². The zero-order valence-electron chi connectivity index (χ0n) is 8.06. The van der Waals surface area contributed by atoms with Gasteiger partial charge in [-0.2, -0.15) is 0 Å². The third-order valence-electron chi connectivity index (χ3n) is 1.60. The Morgan fingerprint density at radius 2 is 2.00 bits per heavy atom. The lowest BCUT2D eigenvalue weighted by atomic mass is 10.0. The first-order valence-corrected chi connectivity index (χ1v) is 4.04. The molecule has 3 N–H and O–H groups in total. The molecule has 0 spiro atoms. The fourth-order valence-corrected chi connectivity index (χ4v) is 0.635. The first-order chi connectivity index (χ1) is 6.34. The van der Waals surface area contributed by atoms with Crippen molar-refractivity contribution >= 4 is 11.8 Å². The number of carbonyl (C=O) groups excluding carboxylic acids is 2. The minimum absolute atomic E-state index is 0.339. The van der Waals surface area contributed by atoms with Crippen LogP contribution in [0.4, 0.5) is 0 Å². The molecule has 0 bridgehead atoms. The largest absolute Gasteiger partial charge is 0.460 e. The number of esters is 1. The molecule has 0 aromatic heterocycles. The van der Waals surface area contributed by atoms with Gasteiger partial charge in [0.05, 0.1) is 12.7 Å². The Labute approximate surface area is 81.1 Å². The summed E-state index contributed by atoms with van der Waals surface area (Å²) in [4.78, 5) is 21.9. The van der Waals surface area contributed by atoms with E-state index in [-0.39, 0.29) is 6.61 Å². The fraction of sp³-hybridized carbons (Fsp3) is 0.750. The molecule has 2 atom stereocenters. The van der Waals surface area contributed by atoms with E-state index in [1.165, 1.54) is 6.92 Å². The topological polar surface area (TPSA) is 104 Å². The molecular formula is C8H14O6. The average Bonchev–Trinajstić information content (AvgIpc) is 2.12. The van der Waals surface area contributed by atoms with Gasteiger partial charge < -0.3 is 20.1 Å². The Morgan fingerprint density at radius 3 is 2.29 bits per heavy atom. The van der Waals surface area contributed by atoms with Gasteiger partial charge in [0.15, 0.2) is 5.78 Å². The summed E-state index contributed by atoms with van der Waals surface area (Å²) in [6.45, 7) is 0.953. The zero-order chi connectivity index (χ0) is 11.4. The molecule has 6 nitrogen and oxygen atoms in total. The van der Waals surface area contributed by atoms with Crippen LogP contribution in [-0.4, -0.2) is 52.0 Å². The first-order valence-electron chi connectivity index (χ1n) is 4.04. The van der Waals surface area contributed by atoms with Gasteiger partial charge in [-0.15, -0.1) is 0 Å². The van der Waals surface area contributed by atoms with Gasteiger partial charge in [-0.25, -0.2) is 4.79 Å². The Bertz CT molecular complexity index is 224. The molecule has 14 heavy (non-hydrogen) atoms. The smallest absolute Gasteiger partial charge is 0.348 e. The van der Waals surface area contributed by atoms with E-state index in [9.17, 15) is 14.7 Å². The predicted molar refractivity (Wildman–Crippen MR) is 45.4 cm³/mol. The molecule has 0 amide bonds. The van der Waals surface area contributed by atoms with Crippen molar-refractivity contribution in [1.82, 2.24) is 0 Å². The minimum atomic E-state index is -2.52. The Balaban J connectivity index is 4.40. The lowest BCUT2D eigenvalue weighted by molar-refractivity contribution is -0.175. The van der Waals surface area contributed by atoms with Crippen LogP contribution in [0.2, 0.25) is 0 Å². The molecule has 0 saturated carbocycles. The monoisotopic (exact) mass is 206 g/mol. The number of aliphatic hydroxyl groups excluding tert-OH is 2. The van der Waals surface area contributed by atoms with E-state index in [1.54, 1.807) is 0 Å². The highest BCUT2D eigenvalue weighted by Crippen LogP contribution is 2.08. The molecule has 0 aromatic rings. The number of Topliss-reactive ketones (excluding diaryl/α,β-unsaturated/α-hetero) is 1. The summed E-state index contributed by atoms with van der Waals surface area (Å²) in [5.74, 6) is -2.16. The van der Waals surface area contributed by atoms with Gasteiger partial charge in [-0.1, -0.05) is 0 Å². The molecule has 82 valence electrons. The summed E-state index contributed by atoms with van der Waals surface area (Å²) in [5.41, 5.74) is -2.52. The van der Waals surface area contributed by atoms with Crippen LogP contribution in [0.25, 0.3) is 0 Å². The van der Waals surface area contributed by atoms with Crippen LogP contribution in [0.5, 0.6) is 0 Å². The Morgan fingerprint density at radius 1 is 1.50 bits per heavy atom. The summed E-state index contributed by atoms with van der Waals surface area (Å²) in [6.07, 6.45) is -0.895. The molecule has 0 radical (unpaired) electrons. The van der Waals surface area contributed by atoms with Crippen molar-refractivity contribution in [2.24, 2.45) is 0 Å². The van der Waals surface area contributed by atoms with Crippen molar-refractivity contribution in [3.8, 4) is 0 Å². The van der Waals surface area contributed by atoms with Gasteiger partial charge in [-0.05, 0) is 13.8 Å². The summed E-state index contributed by atoms with van der Waals surface area (Å²) in [7, 11) is 0. The second kappa shape index (κ2) is 5.04. The highest BCUT2D eigenvalue weighted by atomic mass is 16.6. The number of carbonyl (C=O) groups is 2. The molecule has 0 fully saturated rings. The lowest BCUT2D eigenvalue weighted by Gasteiger charge is -2.20. The maximum atomic E-state index is 11.1. The Kier molecular flexibility index (Phi) is 4.69. The third kappa shape index (κ3) is 3.06. The van der Waals surface area contributed by atoms with Crippen LogP contribution in [0.3, 0.4) is 0 Å². The Hall–Kier alpha value is -0.980. The van der Waals surface area contributed by atoms with E-state index in [0.29, 0.717) is 0 Å². The minimum Gasteiger partial charge on any atom is -0.460 e. The van der Waals surface area contributed by atoms with E-state index >= 15 is 0 Å². The fourth-order valence-electron chi connectivity index (χ4n) is 0.635. The van der Waals surface area contributed by atoms with Crippen LogP contribution in [0.1, 0.15) is 13.8 Å². The van der Waals surface area contributed by atoms with Crippen molar-refractivity contribution in [3.05, 3.63) is 0 Å². The number of hydrogen-bond donors (Lipinski definition) is 3. The molecule has 6 heteroatoms. The molecule has 0 aromatic carbocycles. The van der Waals surface area contributed by atoms with E-state index in [0.717, 1.165) is 6.92 Å². The highest BCUT2D eigenvalue weighted by molar-refractivity contribution is 6.06. The molecule has 0 aliphatic rings. The zero-order valence-corrected chi connectivity index (χ0v) is 8.06. The van der Waals surface area contributed by atoms with E-state index in [4.69, 9.17) is 10.2 Å². The summed E-state index contributed by atoms with van der Waals surface area (Å²) in [5, 5.41) is 26.8. The number of rotatable bonds is 5. The number of ketones is 1. The second-order valence-electron chi connectivity index (χ2n) is 3.02. The normalized spacial score (nSPS) is 16.9. The van der Waals surface area contributed by atoms with Gasteiger partial charge in [0.25, 0.3) is 0 Å². The van der Waals surface area contributed by atoms with Crippen molar-refractivity contribution in [1.29, 1.82) is 0 Å². The third-order valence-corrected chi connectivity index (χ3v) is 1.60. The van der Waals surface area contributed by atoms with Gasteiger partial charge in [-0.3, -0.25) is 4.79 Å². The van der Waals surface area contributed by atoms with E-state index in [2.05, 4.69) is 4.74 Å². The van der Waals surface area contributed by atoms with E-state index < -0.39 is 30.1 Å². The molecule has 2 unspecified atom stereocenters. The quantitative estimate of drug-likeness (QED) is 0.363. The first kappa shape index (κ1) is 13.0. The molecule has 0 aliphatic carbocycles. The molecule has 0 saturated heterocycles. The van der Waals surface area contributed by atoms with Crippen LogP contribution >= 0.6 is 0 Å². The summed E-state index contributed by atoms with van der Waals surface area (Å²) < 4.78 is 4.40. The number of hydrogen-bond acceptors (Lipinski definition) is 6. The summed E-state index contributed by atoms with van der Waals surface area (Å²) >= 11 is 0. The van der Waals surface area contributed by atoms with Crippen molar-refractivity contribution in [2.75, 3.05) is 13.2 Å². The maximum absolute atomic E-state index is 11.1. The lowest BCUT2D eigenvalue weighted by Crippen LogP contribution is -2.50. The maximum Gasteiger partial charge on any atom is 0.348 e. The SMILES string of the molecule is CC(=O)C(O)(CO)C(=O)OCC(C)O. The molecular weight excluding hydrogens is 192 g/mol. The van der Waals surface area contributed by atoms with Crippen LogP contribution in [-0.2, 0) is 14.3 Å². The van der Waals surface area contributed by atoms with Gasteiger partial charge in [0, 0.05) is 0 Å².